The number of hydrogen-bond donors (Lipinski definition) is 3. The minimum Gasteiger partial charge on any atom is -0.478 e. The molecule has 1 aliphatic rings. The molecule has 3 N–H and O–H groups in total. The van der Waals surface area contributed by atoms with Gasteiger partial charge in [0.25, 0.3) is 0 Å². The fraction of sp³-hybridized carbons (Fsp3) is 0.462. The number of amides is 2. The van der Waals surface area contributed by atoms with E-state index in [0.29, 0.717) is 5.69 Å². The largest absolute Gasteiger partial charge is 0.478 e. The van der Waals surface area contributed by atoms with Gasteiger partial charge in [-0.1, -0.05) is 12.8 Å². The van der Waals surface area contributed by atoms with E-state index in [4.69, 9.17) is 5.11 Å². The molecule has 2 amide bonds. The number of nitrogens with zero attached hydrogens (tertiary/aromatic N) is 1. The third-order valence-electron chi connectivity index (χ3n) is 3.37. The molecule has 1 fully saturated rings. The summed E-state index contributed by atoms with van der Waals surface area (Å²) >= 11 is 0. The molecule has 0 radical (unpaired) electrons. The van der Waals surface area contributed by atoms with Crippen molar-refractivity contribution in [1.29, 1.82) is 0 Å². The van der Waals surface area contributed by atoms with Gasteiger partial charge >= 0.3 is 12.0 Å². The van der Waals surface area contributed by atoms with Crippen molar-refractivity contribution in [3.63, 3.8) is 0 Å². The molecule has 6 heteroatoms. The Morgan fingerprint density at radius 2 is 2.00 bits per heavy atom. The fourth-order valence-electron chi connectivity index (χ4n) is 2.34. The van der Waals surface area contributed by atoms with Crippen molar-refractivity contribution in [1.82, 2.24) is 10.3 Å². The average molecular weight is 263 g/mol. The molecular formula is C13H17N3O3. The van der Waals surface area contributed by atoms with Crippen LogP contribution in [0.2, 0.25) is 0 Å². The number of anilines is 1. The van der Waals surface area contributed by atoms with Gasteiger partial charge < -0.3 is 15.7 Å². The van der Waals surface area contributed by atoms with Gasteiger partial charge in [-0.3, -0.25) is 4.98 Å². The highest BCUT2D eigenvalue weighted by atomic mass is 16.4. The molecule has 0 aliphatic heterocycles. The first-order valence-electron chi connectivity index (χ1n) is 6.26. The summed E-state index contributed by atoms with van der Waals surface area (Å²) in [6.45, 7) is 2.02. The lowest BCUT2D eigenvalue weighted by atomic mass is 10.0. The van der Waals surface area contributed by atoms with Gasteiger partial charge in [-0.05, 0) is 25.8 Å². The highest BCUT2D eigenvalue weighted by Gasteiger charge is 2.30. The van der Waals surface area contributed by atoms with Crippen molar-refractivity contribution in [2.24, 2.45) is 0 Å². The van der Waals surface area contributed by atoms with Gasteiger partial charge in [0.05, 0.1) is 17.4 Å². The Kier molecular flexibility index (Phi) is 3.69. The maximum Gasteiger partial charge on any atom is 0.337 e. The van der Waals surface area contributed by atoms with Gasteiger partial charge in [-0.25, -0.2) is 9.59 Å². The summed E-state index contributed by atoms with van der Waals surface area (Å²) in [7, 11) is 0. The zero-order chi connectivity index (χ0) is 13.9. The molecule has 0 saturated heterocycles. The zero-order valence-corrected chi connectivity index (χ0v) is 10.8. The number of pyridine rings is 1. The van der Waals surface area contributed by atoms with Crippen molar-refractivity contribution >= 4 is 17.7 Å². The van der Waals surface area contributed by atoms with E-state index in [-0.39, 0.29) is 17.1 Å². The maximum absolute atomic E-state index is 11.9. The van der Waals surface area contributed by atoms with E-state index in [2.05, 4.69) is 15.6 Å². The molecule has 1 saturated carbocycles. The SMILES string of the molecule is CC1(NC(=O)Nc2cncc(C(=O)O)c2)CCCC1. The number of carbonyl (C=O) groups is 2. The van der Waals surface area contributed by atoms with Crippen LogP contribution in [0.3, 0.4) is 0 Å². The Morgan fingerprint density at radius 1 is 1.32 bits per heavy atom. The topological polar surface area (TPSA) is 91.3 Å². The van der Waals surface area contributed by atoms with Crippen LogP contribution in [0.25, 0.3) is 0 Å². The van der Waals surface area contributed by atoms with Gasteiger partial charge in [0, 0.05) is 11.7 Å². The summed E-state index contributed by atoms with van der Waals surface area (Å²) in [4.78, 5) is 26.4. The normalized spacial score (nSPS) is 16.9. The summed E-state index contributed by atoms with van der Waals surface area (Å²) in [5.74, 6) is -1.07. The molecule has 0 bridgehead atoms. The summed E-state index contributed by atoms with van der Waals surface area (Å²) in [5.41, 5.74) is 0.255. The predicted octanol–water partition coefficient (Wildman–Crippen LogP) is 2.23. The molecule has 1 aromatic rings. The standard InChI is InChI=1S/C13H17N3O3/c1-13(4-2-3-5-13)16-12(19)15-10-6-9(11(17)18)7-14-8-10/h6-8H,2-5H2,1H3,(H,17,18)(H2,15,16,19). The van der Waals surface area contributed by atoms with Crippen molar-refractivity contribution in [2.45, 2.75) is 38.1 Å². The zero-order valence-electron chi connectivity index (χ0n) is 10.8. The number of carbonyl (C=O) groups excluding carboxylic acids is 1. The number of rotatable bonds is 3. The third kappa shape index (κ3) is 3.43. The lowest BCUT2D eigenvalue weighted by Crippen LogP contribution is -2.45. The Labute approximate surface area is 111 Å². The Morgan fingerprint density at radius 3 is 2.63 bits per heavy atom. The third-order valence-corrected chi connectivity index (χ3v) is 3.37. The van der Waals surface area contributed by atoms with E-state index < -0.39 is 5.97 Å². The van der Waals surface area contributed by atoms with Gasteiger partial charge in [0.15, 0.2) is 0 Å². The molecular weight excluding hydrogens is 246 g/mol. The van der Waals surface area contributed by atoms with Crippen LogP contribution in [0, 0.1) is 0 Å². The van der Waals surface area contributed by atoms with Crippen LogP contribution >= 0.6 is 0 Å². The van der Waals surface area contributed by atoms with E-state index in [1.165, 1.54) is 18.5 Å². The minimum absolute atomic E-state index is 0.0462. The summed E-state index contributed by atoms with van der Waals surface area (Å²) < 4.78 is 0. The van der Waals surface area contributed by atoms with E-state index in [0.717, 1.165) is 25.7 Å². The van der Waals surface area contributed by atoms with Crippen LogP contribution in [-0.2, 0) is 0 Å². The Bertz CT molecular complexity index is 496. The molecule has 0 unspecified atom stereocenters. The summed E-state index contributed by atoms with van der Waals surface area (Å²) in [6.07, 6.45) is 6.83. The lowest BCUT2D eigenvalue weighted by molar-refractivity contribution is 0.0696. The number of nitrogens with one attached hydrogen (secondary N) is 2. The maximum atomic E-state index is 11.9. The molecule has 1 aliphatic carbocycles. The monoisotopic (exact) mass is 263 g/mol. The quantitative estimate of drug-likeness (QED) is 0.779. The van der Waals surface area contributed by atoms with E-state index in [1.807, 2.05) is 6.92 Å². The second-order valence-corrected chi connectivity index (χ2v) is 5.11. The van der Waals surface area contributed by atoms with Crippen LogP contribution in [-0.4, -0.2) is 27.6 Å². The van der Waals surface area contributed by atoms with Gasteiger partial charge in [0.2, 0.25) is 0 Å². The molecule has 19 heavy (non-hydrogen) atoms. The first-order valence-corrected chi connectivity index (χ1v) is 6.26. The number of aromatic nitrogens is 1. The van der Waals surface area contributed by atoms with Gasteiger partial charge in [-0.2, -0.15) is 0 Å². The Hall–Kier alpha value is -2.11. The summed E-state index contributed by atoms with van der Waals surface area (Å²) in [5, 5.41) is 14.4. The van der Waals surface area contributed by atoms with E-state index in [1.54, 1.807) is 0 Å². The lowest BCUT2D eigenvalue weighted by Gasteiger charge is -2.25. The van der Waals surface area contributed by atoms with Crippen molar-refractivity contribution in [3.8, 4) is 0 Å². The molecule has 6 nitrogen and oxygen atoms in total. The first-order chi connectivity index (χ1) is 8.98. The first kappa shape index (κ1) is 13.3. The average Bonchev–Trinajstić information content (AvgIpc) is 2.75. The van der Waals surface area contributed by atoms with E-state index >= 15 is 0 Å². The highest BCUT2D eigenvalue weighted by molar-refractivity contribution is 5.92. The predicted molar refractivity (Wildman–Crippen MR) is 70.2 cm³/mol. The number of hydrogen-bond acceptors (Lipinski definition) is 3. The minimum atomic E-state index is -1.07. The van der Waals surface area contributed by atoms with Crippen molar-refractivity contribution < 1.29 is 14.7 Å². The van der Waals surface area contributed by atoms with Gasteiger partial charge in [0.1, 0.15) is 0 Å². The molecule has 1 aromatic heterocycles. The van der Waals surface area contributed by atoms with Gasteiger partial charge in [-0.15, -0.1) is 0 Å². The van der Waals surface area contributed by atoms with Crippen LogP contribution < -0.4 is 10.6 Å². The number of carboxylic acids is 1. The number of aromatic carboxylic acids is 1. The second-order valence-electron chi connectivity index (χ2n) is 5.11. The molecule has 0 aromatic carbocycles. The van der Waals surface area contributed by atoms with E-state index in [9.17, 15) is 9.59 Å². The molecule has 1 heterocycles. The van der Waals surface area contributed by atoms with Crippen LogP contribution in [0.15, 0.2) is 18.5 Å². The van der Waals surface area contributed by atoms with Crippen LogP contribution in [0.4, 0.5) is 10.5 Å². The molecule has 102 valence electrons. The molecule has 0 spiro atoms. The molecule has 2 rings (SSSR count). The highest BCUT2D eigenvalue weighted by Crippen LogP contribution is 2.28. The van der Waals surface area contributed by atoms with Crippen LogP contribution in [0.5, 0.6) is 0 Å². The number of urea groups is 1. The second kappa shape index (κ2) is 5.26. The Balaban J connectivity index is 1.98. The molecule has 0 atom stereocenters. The van der Waals surface area contributed by atoms with Crippen LogP contribution in [0.1, 0.15) is 43.0 Å². The smallest absolute Gasteiger partial charge is 0.337 e. The van der Waals surface area contributed by atoms with Crippen molar-refractivity contribution in [3.05, 3.63) is 24.0 Å². The number of carboxylic acid groups (broad SMARTS) is 1. The fourth-order valence-corrected chi connectivity index (χ4v) is 2.34. The summed E-state index contributed by atoms with van der Waals surface area (Å²) in [6, 6.07) is 1.06. The van der Waals surface area contributed by atoms with Crippen molar-refractivity contribution in [2.75, 3.05) is 5.32 Å².